The number of furan rings is 1. The molecule has 0 radical (unpaired) electrons. The predicted octanol–water partition coefficient (Wildman–Crippen LogP) is 3.40. The van der Waals surface area contributed by atoms with Crippen LogP contribution in [-0.2, 0) is 4.74 Å². The van der Waals surface area contributed by atoms with E-state index in [1.807, 2.05) is 6.08 Å². The Labute approximate surface area is 125 Å². The van der Waals surface area contributed by atoms with Crippen LogP contribution in [0.2, 0.25) is 0 Å². The van der Waals surface area contributed by atoms with E-state index in [1.165, 1.54) is 7.11 Å². The lowest BCUT2D eigenvalue weighted by Crippen LogP contribution is -2.34. The second-order valence-electron chi connectivity index (χ2n) is 6.10. The summed E-state index contributed by atoms with van der Waals surface area (Å²) in [6.45, 7) is 5.29. The fraction of sp³-hybridized carbons (Fsp3) is 0.529. The fourth-order valence-corrected chi connectivity index (χ4v) is 3.03. The third kappa shape index (κ3) is 3.32. The van der Waals surface area contributed by atoms with Crippen molar-refractivity contribution >= 4 is 5.97 Å². The van der Waals surface area contributed by atoms with E-state index < -0.39 is 11.6 Å². The van der Waals surface area contributed by atoms with Crippen molar-refractivity contribution in [1.82, 2.24) is 0 Å². The molecule has 2 unspecified atom stereocenters. The Bertz CT molecular complexity index is 533. The van der Waals surface area contributed by atoms with Gasteiger partial charge in [-0.05, 0) is 33.3 Å². The van der Waals surface area contributed by atoms with Crippen LogP contribution in [0, 0.1) is 19.3 Å². The Morgan fingerprint density at radius 1 is 1.57 bits per heavy atom. The molecule has 1 aromatic rings. The van der Waals surface area contributed by atoms with Gasteiger partial charge in [-0.1, -0.05) is 0 Å². The van der Waals surface area contributed by atoms with Gasteiger partial charge in [0.25, 0.3) is 0 Å². The molecule has 4 heteroatoms. The molecule has 114 valence electrons. The first kappa shape index (κ1) is 15.7. The number of aryl methyl sites for hydroxylation is 1. The second-order valence-corrected chi connectivity index (χ2v) is 6.10. The first-order valence-electron chi connectivity index (χ1n) is 7.25. The summed E-state index contributed by atoms with van der Waals surface area (Å²) in [5.41, 5.74) is -0.516. The maximum absolute atomic E-state index is 11.7. The van der Waals surface area contributed by atoms with Crippen LogP contribution in [0.25, 0.3) is 0 Å². The highest BCUT2D eigenvalue weighted by molar-refractivity contribution is 5.90. The van der Waals surface area contributed by atoms with Gasteiger partial charge in [-0.2, -0.15) is 0 Å². The third-order valence-corrected chi connectivity index (χ3v) is 4.00. The number of carbonyl (C=O) groups is 1. The van der Waals surface area contributed by atoms with Crippen LogP contribution in [0.5, 0.6) is 0 Å². The van der Waals surface area contributed by atoms with Crippen LogP contribution in [-0.4, -0.2) is 23.8 Å². The summed E-state index contributed by atoms with van der Waals surface area (Å²) in [6.07, 6.45) is 8.19. The van der Waals surface area contributed by atoms with E-state index >= 15 is 0 Å². The Kier molecular flexibility index (Phi) is 4.47. The number of rotatable bonds is 4. The van der Waals surface area contributed by atoms with Crippen LogP contribution in [0.15, 0.2) is 22.6 Å². The molecule has 1 aromatic heterocycles. The lowest BCUT2D eigenvalue weighted by Gasteiger charge is -2.31. The molecule has 1 aliphatic carbocycles. The minimum atomic E-state index is -0.940. The van der Waals surface area contributed by atoms with E-state index in [4.69, 9.17) is 9.15 Å². The number of hydrogen-bond donors (Lipinski definition) is 1. The van der Waals surface area contributed by atoms with Gasteiger partial charge in [-0.25, -0.2) is 4.79 Å². The van der Waals surface area contributed by atoms with Gasteiger partial charge < -0.3 is 14.3 Å². The van der Waals surface area contributed by atoms with Crippen LogP contribution in [0.1, 0.15) is 54.5 Å². The summed E-state index contributed by atoms with van der Waals surface area (Å²) < 4.78 is 10.5. The number of hydrogen-bond acceptors (Lipinski definition) is 4. The molecule has 21 heavy (non-hydrogen) atoms. The summed E-state index contributed by atoms with van der Waals surface area (Å²) in [4.78, 5) is 11.7. The summed E-state index contributed by atoms with van der Waals surface area (Å²) in [7, 11) is 1.35. The Balaban J connectivity index is 2.40. The van der Waals surface area contributed by atoms with Crippen molar-refractivity contribution in [2.75, 3.05) is 7.11 Å². The summed E-state index contributed by atoms with van der Waals surface area (Å²) in [5, 5.41) is 10.6. The zero-order chi connectivity index (χ0) is 15.6. The molecule has 1 heterocycles. The van der Waals surface area contributed by atoms with Gasteiger partial charge in [0, 0.05) is 18.9 Å². The average molecular weight is 291 g/mol. The molecule has 2 rings (SSSR count). The van der Waals surface area contributed by atoms with E-state index in [9.17, 15) is 9.90 Å². The van der Waals surface area contributed by atoms with Crippen LogP contribution < -0.4 is 0 Å². The monoisotopic (exact) mass is 291 g/mol. The van der Waals surface area contributed by atoms with Crippen molar-refractivity contribution in [3.05, 3.63) is 41.7 Å². The minimum absolute atomic E-state index is 0.186. The first-order valence-corrected chi connectivity index (χ1v) is 7.25. The molecular formula is C17H23O4+. The highest BCUT2D eigenvalue weighted by Gasteiger charge is 2.40. The zero-order valence-corrected chi connectivity index (χ0v) is 13.1. The second kappa shape index (κ2) is 5.98. The number of aliphatic hydroxyl groups is 1. The van der Waals surface area contributed by atoms with Gasteiger partial charge in [0.05, 0.1) is 30.6 Å². The standard InChI is InChI=1S/C17H23O4/c1-11-13(16(18)20-4)10-14(21-11)15(17(2,3)19)12-8-6-5-7-9-12/h5-6,8,10,12,15,19H,7,9H2,1-4H3/q+1. The molecule has 0 aliphatic heterocycles. The Morgan fingerprint density at radius 2 is 2.29 bits per heavy atom. The predicted molar refractivity (Wildman–Crippen MR) is 80.0 cm³/mol. The largest absolute Gasteiger partial charge is 0.465 e. The summed E-state index contributed by atoms with van der Waals surface area (Å²) in [5.74, 6) is 0.740. The number of allylic oxidation sites excluding steroid dienone is 2. The minimum Gasteiger partial charge on any atom is -0.465 e. The maximum atomic E-state index is 11.7. The van der Waals surface area contributed by atoms with E-state index in [0.29, 0.717) is 17.1 Å². The van der Waals surface area contributed by atoms with Crippen molar-refractivity contribution in [2.45, 2.75) is 45.1 Å². The van der Waals surface area contributed by atoms with E-state index in [1.54, 1.807) is 26.8 Å². The number of ether oxygens (including phenoxy) is 1. The lowest BCUT2D eigenvalue weighted by atomic mass is 9.74. The van der Waals surface area contributed by atoms with Gasteiger partial charge in [0.2, 0.25) is 0 Å². The molecule has 0 amide bonds. The van der Waals surface area contributed by atoms with Crippen LogP contribution in [0.3, 0.4) is 0 Å². The highest BCUT2D eigenvalue weighted by atomic mass is 16.5. The fourth-order valence-electron chi connectivity index (χ4n) is 3.03. The van der Waals surface area contributed by atoms with Gasteiger partial charge in [0.1, 0.15) is 17.1 Å². The summed E-state index contributed by atoms with van der Waals surface area (Å²) >= 11 is 0. The SMILES string of the molecule is COC(=O)c1cc(C(C2C=C[CH+]CC2)C(C)(C)O)oc1C. The zero-order valence-electron chi connectivity index (χ0n) is 13.1. The topological polar surface area (TPSA) is 59.7 Å². The molecule has 0 fully saturated rings. The number of carbonyl (C=O) groups excluding carboxylic acids is 1. The molecule has 0 spiro atoms. The van der Waals surface area contributed by atoms with Crippen molar-refractivity contribution in [1.29, 1.82) is 0 Å². The third-order valence-electron chi connectivity index (χ3n) is 4.00. The van der Waals surface area contributed by atoms with Crippen molar-refractivity contribution in [2.24, 2.45) is 5.92 Å². The molecular weight excluding hydrogens is 268 g/mol. The van der Waals surface area contributed by atoms with Crippen LogP contribution in [0.4, 0.5) is 0 Å². The highest BCUT2D eigenvalue weighted by Crippen LogP contribution is 2.41. The number of esters is 1. The first-order chi connectivity index (χ1) is 9.84. The normalized spacial score (nSPS) is 20.0. The van der Waals surface area contributed by atoms with Gasteiger partial charge >= 0.3 is 5.97 Å². The molecule has 0 saturated carbocycles. The maximum Gasteiger partial charge on any atom is 0.341 e. The molecule has 2 atom stereocenters. The van der Waals surface area contributed by atoms with Crippen LogP contribution >= 0.6 is 0 Å². The lowest BCUT2D eigenvalue weighted by molar-refractivity contribution is 0.0247. The van der Waals surface area contributed by atoms with Crippen molar-refractivity contribution < 1.29 is 19.1 Å². The van der Waals surface area contributed by atoms with Gasteiger partial charge in [-0.3, -0.25) is 0 Å². The smallest absolute Gasteiger partial charge is 0.341 e. The summed E-state index contributed by atoms with van der Waals surface area (Å²) in [6, 6.07) is 1.70. The molecule has 0 aromatic carbocycles. The quantitative estimate of drug-likeness (QED) is 0.682. The van der Waals surface area contributed by atoms with E-state index in [2.05, 4.69) is 12.5 Å². The molecule has 4 nitrogen and oxygen atoms in total. The van der Waals surface area contributed by atoms with Crippen molar-refractivity contribution in [3.63, 3.8) is 0 Å². The molecule has 0 saturated heterocycles. The number of methoxy groups -OCH3 is 1. The Morgan fingerprint density at radius 3 is 2.81 bits per heavy atom. The van der Waals surface area contributed by atoms with Gasteiger partial charge in [-0.15, -0.1) is 0 Å². The molecule has 0 bridgehead atoms. The van der Waals surface area contributed by atoms with E-state index in [-0.39, 0.29) is 11.8 Å². The average Bonchev–Trinajstić information content (AvgIpc) is 2.79. The van der Waals surface area contributed by atoms with E-state index in [0.717, 1.165) is 12.8 Å². The Hall–Kier alpha value is -1.68. The van der Waals surface area contributed by atoms with Crippen molar-refractivity contribution in [3.8, 4) is 0 Å². The van der Waals surface area contributed by atoms with Gasteiger partial charge in [0.15, 0.2) is 0 Å². The molecule has 1 N–H and O–H groups in total. The molecule has 1 aliphatic rings.